The summed E-state index contributed by atoms with van der Waals surface area (Å²) < 4.78 is 0. The van der Waals surface area contributed by atoms with Crippen LogP contribution in [0, 0.1) is 11.8 Å². The maximum absolute atomic E-state index is 11.4. The van der Waals surface area contributed by atoms with Crippen molar-refractivity contribution in [1.82, 2.24) is 10.6 Å². The number of amides is 1. The third-order valence-electron chi connectivity index (χ3n) is 4.13. The van der Waals surface area contributed by atoms with Gasteiger partial charge in [0.15, 0.2) is 0 Å². The minimum atomic E-state index is -0.0482. The zero-order valence-electron chi connectivity index (χ0n) is 10.5. The lowest BCUT2D eigenvalue weighted by molar-refractivity contribution is -0.122. The molecule has 0 heterocycles. The molecule has 0 bridgehead atoms. The maximum Gasteiger partial charge on any atom is 0.236 e. The first-order valence-corrected chi connectivity index (χ1v) is 6.68. The van der Waals surface area contributed by atoms with E-state index in [2.05, 4.69) is 10.6 Å². The first-order valence-electron chi connectivity index (χ1n) is 6.68. The lowest BCUT2D eigenvalue weighted by atomic mass is 9.82. The zero-order valence-corrected chi connectivity index (χ0v) is 10.5. The van der Waals surface area contributed by atoms with Gasteiger partial charge in [-0.05, 0) is 44.4 Å². The average Bonchev–Trinajstić information content (AvgIpc) is 3.12. The topological polar surface area (TPSA) is 41.1 Å². The highest BCUT2D eigenvalue weighted by atomic mass is 16.2. The number of rotatable bonds is 4. The zero-order chi connectivity index (χ0) is 11.5. The van der Waals surface area contributed by atoms with Gasteiger partial charge in [0.2, 0.25) is 5.91 Å². The van der Waals surface area contributed by atoms with Crippen LogP contribution < -0.4 is 10.6 Å². The molecule has 92 valence electrons. The molecule has 1 amide bonds. The molecule has 0 aromatic heterocycles. The molecule has 2 rings (SSSR count). The third-order valence-corrected chi connectivity index (χ3v) is 4.13. The first kappa shape index (κ1) is 11.9. The lowest BCUT2D eigenvalue weighted by Crippen LogP contribution is -2.47. The molecule has 0 aromatic carbocycles. The summed E-state index contributed by atoms with van der Waals surface area (Å²) in [6.45, 7) is 1.96. The average molecular weight is 224 g/mol. The predicted octanol–water partition coefficient (Wildman–Crippen LogP) is 1.68. The van der Waals surface area contributed by atoms with E-state index >= 15 is 0 Å². The van der Waals surface area contributed by atoms with Crippen molar-refractivity contribution in [3.8, 4) is 0 Å². The van der Waals surface area contributed by atoms with Crippen LogP contribution in [-0.4, -0.2) is 25.0 Å². The standard InChI is InChI=1S/C13H24N2O/c1-9(13(16)14-2)15-12-5-3-4-11(8-12)10-6-7-10/h9-12,15H,3-8H2,1-2H3,(H,14,16)/t9-,11?,12?/m1/s1. The van der Waals surface area contributed by atoms with Gasteiger partial charge in [0.05, 0.1) is 6.04 Å². The van der Waals surface area contributed by atoms with Crippen molar-refractivity contribution in [2.75, 3.05) is 7.05 Å². The summed E-state index contributed by atoms with van der Waals surface area (Å²) in [6.07, 6.45) is 8.16. The van der Waals surface area contributed by atoms with E-state index in [1.807, 2.05) is 6.92 Å². The Kier molecular flexibility index (Phi) is 3.85. The molecular weight excluding hydrogens is 200 g/mol. The quantitative estimate of drug-likeness (QED) is 0.763. The molecule has 0 spiro atoms. The van der Waals surface area contributed by atoms with Crippen molar-refractivity contribution in [3.63, 3.8) is 0 Å². The van der Waals surface area contributed by atoms with Gasteiger partial charge >= 0.3 is 0 Å². The molecule has 16 heavy (non-hydrogen) atoms. The minimum absolute atomic E-state index is 0.0482. The van der Waals surface area contributed by atoms with Crippen LogP contribution in [0.2, 0.25) is 0 Å². The van der Waals surface area contributed by atoms with Crippen molar-refractivity contribution in [2.24, 2.45) is 11.8 Å². The van der Waals surface area contributed by atoms with Crippen molar-refractivity contribution in [1.29, 1.82) is 0 Å². The van der Waals surface area contributed by atoms with E-state index in [4.69, 9.17) is 0 Å². The van der Waals surface area contributed by atoms with E-state index in [-0.39, 0.29) is 11.9 Å². The molecule has 0 radical (unpaired) electrons. The van der Waals surface area contributed by atoms with Gasteiger partial charge < -0.3 is 10.6 Å². The van der Waals surface area contributed by atoms with Crippen LogP contribution >= 0.6 is 0 Å². The molecule has 2 N–H and O–H groups in total. The van der Waals surface area contributed by atoms with Crippen LogP contribution in [0.15, 0.2) is 0 Å². The highest BCUT2D eigenvalue weighted by Gasteiger charge is 2.35. The van der Waals surface area contributed by atoms with Gasteiger partial charge in [-0.15, -0.1) is 0 Å². The second-order valence-corrected chi connectivity index (χ2v) is 5.46. The molecule has 2 fully saturated rings. The highest BCUT2D eigenvalue weighted by molar-refractivity contribution is 5.80. The summed E-state index contributed by atoms with van der Waals surface area (Å²) in [5.41, 5.74) is 0. The van der Waals surface area contributed by atoms with Gasteiger partial charge in [-0.25, -0.2) is 0 Å². The van der Waals surface area contributed by atoms with Crippen molar-refractivity contribution >= 4 is 5.91 Å². The number of likely N-dealkylation sites (N-methyl/N-ethyl adjacent to an activating group) is 1. The van der Waals surface area contributed by atoms with Gasteiger partial charge in [-0.2, -0.15) is 0 Å². The number of hydrogen-bond donors (Lipinski definition) is 2. The molecule has 0 aromatic rings. The van der Waals surface area contributed by atoms with Crippen molar-refractivity contribution in [2.45, 2.75) is 57.5 Å². The monoisotopic (exact) mass is 224 g/mol. The van der Waals surface area contributed by atoms with Gasteiger partial charge in [0.1, 0.15) is 0 Å². The molecule has 2 aliphatic rings. The fraction of sp³-hybridized carbons (Fsp3) is 0.923. The van der Waals surface area contributed by atoms with E-state index in [1.54, 1.807) is 7.05 Å². The molecular formula is C13H24N2O. The summed E-state index contributed by atoms with van der Waals surface area (Å²) in [6, 6.07) is 0.514. The Morgan fingerprint density at radius 1 is 1.19 bits per heavy atom. The number of hydrogen-bond acceptors (Lipinski definition) is 2. The molecule has 0 aliphatic heterocycles. The first-order chi connectivity index (χ1) is 7.70. The summed E-state index contributed by atoms with van der Waals surface area (Å²) in [5.74, 6) is 2.05. The lowest BCUT2D eigenvalue weighted by Gasteiger charge is -2.31. The Balaban J connectivity index is 1.77. The Morgan fingerprint density at radius 2 is 1.94 bits per heavy atom. The molecule has 2 saturated carbocycles. The van der Waals surface area contributed by atoms with Crippen molar-refractivity contribution in [3.05, 3.63) is 0 Å². The molecule has 2 unspecified atom stereocenters. The van der Waals surface area contributed by atoms with E-state index in [9.17, 15) is 4.79 Å². The second kappa shape index (κ2) is 5.17. The van der Waals surface area contributed by atoms with Gasteiger partial charge in [0, 0.05) is 13.1 Å². The SMILES string of the molecule is CNC(=O)[C@@H](C)NC1CCCC(C2CC2)C1. The molecule has 3 atom stereocenters. The highest BCUT2D eigenvalue weighted by Crippen LogP contribution is 2.43. The molecule has 2 aliphatic carbocycles. The van der Waals surface area contributed by atoms with Gasteiger partial charge in [-0.3, -0.25) is 4.79 Å². The Bertz CT molecular complexity index is 250. The molecule has 3 nitrogen and oxygen atoms in total. The summed E-state index contributed by atoms with van der Waals surface area (Å²) in [5, 5.41) is 6.17. The summed E-state index contributed by atoms with van der Waals surface area (Å²) in [4.78, 5) is 11.4. The number of carbonyl (C=O) groups excluding carboxylic acids is 1. The van der Waals surface area contributed by atoms with Crippen LogP contribution in [0.5, 0.6) is 0 Å². The smallest absolute Gasteiger partial charge is 0.236 e. The van der Waals surface area contributed by atoms with Gasteiger partial charge in [-0.1, -0.05) is 12.8 Å². The summed E-state index contributed by atoms with van der Waals surface area (Å²) >= 11 is 0. The second-order valence-electron chi connectivity index (χ2n) is 5.46. The van der Waals surface area contributed by atoms with Crippen LogP contribution in [0.4, 0.5) is 0 Å². The third kappa shape index (κ3) is 2.97. The van der Waals surface area contributed by atoms with Crippen LogP contribution in [0.1, 0.15) is 45.4 Å². The van der Waals surface area contributed by atoms with Crippen LogP contribution in [0.25, 0.3) is 0 Å². The van der Waals surface area contributed by atoms with Crippen molar-refractivity contribution < 1.29 is 4.79 Å². The van der Waals surface area contributed by atoms with Gasteiger partial charge in [0.25, 0.3) is 0 Å². The largest absolute Gasteiger partial charge is 0.358 e. The summed E-state index contributed by atoms with van der Waals surface area (Å²) in [7, 11) is 1.70. The fourth-order valence-electron chi connectivity index (χ4n) is 3.02. The number of nitrogens with one attached hydrogen (secondary N) is 2. The van der Waals surface area contributed by atoms with E-state index in [0.717, 1.165) is 11.8 Å². The molecule has 3 heteroatoms. The van der Waals surface area contributed by atoms with E-state index in [1.165, 1.54) is 38.5 Å². The van der Waals surface area contributed by atoms with E-state index < -0.39 is 0 Å². The predicted molar refractivity (Wildman–Crippen MR) is 65.1 cm³/mol. The maximum atomic E-state index is 11.4. The normalized spacial score (nSPS) is 32.1. The Labute approximate surface area is 98.4 Å². The Hall–Kier alpha value is -0.570. The van der Waals surface area contributed by atoms with Crippen LogP contribution in [-0.2, 0) is 4.79 Å². The number of carbonyl (C=O) groups is 1. The minimum Gasteiger partial charge on any atom is -0.358 e. The Morgan fingerprint density at radius 3 is 2.56 bits per heavy atom. The van der Waals surface area contributed by atoms with Crippen LogP contribution in [0.3, 0.4) is 0 Å². The molecule has 0 saturated heterocycles. The van der Waals surface area contributed by atoms with E-state index in [0.29, 0.717) is 6.04 Å². The fourth-order valence-corrected chi connectivity index (χ4v) is 3.02.